The SMILES string of the molecule is CN(Cc1cccc(F)c1)c1cc(F)cc(CCN)c1. The van der Waals surface area contributed by atoms with Crippen LogP contribution in [0.2, 0.25) is 0 Å². The Hall–Kier alpha value is -1.94. The summed E-state index contributed by atoms with van der Waals surface area (Å²) in [6, 6.07) is 11.3. The fraction of sp³-hybridized carbons (Fsp3) is 0.250. The van der Waals surface area contributed by atoms with Gasteiger partial charge in [0.25, 0.3) is 0 Å². The van der Waals surface area contributed by atoms with Gasteiger partial charge < -0.3 is 10.6 Å². The number of nitrogens with two attached hydrogens (primary N) is 1. The summed E-state index contributed by atoms with van der Waals surface area (Å²) in [5.41, 5.74) is 7.97. The van der Waals surface area contributed by atoms with Crippen molar-refractivity contribution in [2.45, 2.75) is 13.0 Å². The second-order valence-corrected chi connectivity index (χ2v) is 4.84. The highest BCUT2D eigenvalue weighted by molar-refractivity contribution is 5.49. The second-order valence-electron chi connectivity index (χ2n) is 4.84. The van der Waals surface area contributed by atoms with Gasteiger partial charge in [-0.2, -0.15) is 0 Å². The molecule has 0 saturated heterocycles. The predicted molar refractivity (Wildman–Crippen MR) is 77.7 cm³/mol. The van der Waals surface area contributed by atoms with E-state index in [0.717, 1.165) is 16.8 Å². The van der Waals surface area contributed by atoms with Crippen LogP contribution < -0.4 is 10.6 Å². The highest BCUT2D eigenvalue weighted by Crippen LogP contribution is 2.20. The Balaban J connectivity index is 2.18. The predicted octanol–water partition coefficient (Wildman–Crippen LogP) is 3.10. The second kappa shape index (κ2) is 6.48. The Morgan fingerprint density at radius 1 is 1.00 bits per heavy atom. The summed E-state index contributed by atoms with van der Waals surface area (Å²) in [5.74, 6) is -0.545. The fourth-order valence-electron chi connectivity index (χ4n) is 2.17. The first-order valence-corrected chi connectivity index (χ1v) is 6.53. The van der Waals surface area contributed by atoms with Gasteiger partial charge in [0.05, 0.1) is 0 Å². The lowest BCUT2D eigenvalue weighted by Gasteiger charge is -2.20. The van der Waals surface area contributed by atoms with Crippen LogP contribution in [0.3, 0.4) is 0 Å². The number of halogens is 2. The van der Waals surface area contributed by atoms with Crippen molar-refractivity contribution >= 4 is 5.69 Å². The van der Waals surface area contributed by atoms with Gasteiger partial charge in [-0.25, -0.2) is 8.78 Å². The zero-order chi connectivity index (χ0) is 14.5. The first kappa shape index (κ1) is 14.5. The topological polar surface area (TPSA) is 29.3 Å². The van der Waals surface area contributed by atoms with Crippen LogP contribution in [-0.4, -0.2) is 13.6 Å². The molecule has 2 aromatic rings. The van der Waals surface area contributed by atoms with Crippen molar-refractivity contribution < 1.29 is 8.78 Å². The van der Waals surface area contributed by atoms with Gasteiger partial charge in [-0.1, -0.05) is 12.1 Å². The highest BCUT2D eigenvalue weighted by atomic mass is 19.1. The Morgan fingerprint density at radius 2 is 1.75 bits per heavy atom. The van der Waals surface area contributed by atoms with E-state index in [1.54, 1.807) is 6.07 Å². The van der Waals surface area contributed by atoms with E-state index in [0.29, 0.717) is 19.5 Å². The zero-order valence-corrected chi connectivity index (χ0v) is 11.4. The van der Waals surface area contributed by atoms with Crippen LogP contribution >= 0.6 is 0 Å². The molecular formula is C16H18F2N2. The Bertz CT molecular complexity index is 584. The van der Waals surface area contributed by atoms with Gasteiger partial charge in [-0.3, -0.25) is 0 Å². The molecule has 0 amide bonds. The van der Waals surface area contributed by atoms with Crippen molar-refractivity contribution in [2.24, 2.45) is 5.73 Å². The maximum absolute atomic E-state index is 13.6. The molecule has 0 atom stereocenters. The lowest BCUT2D eigenvalue weighted by atomic mass is 10.1. The van der Waals surface area contributed by atoms with E-state index in [4.69, 9.17) is 5.73 Å². The van der Waals surface area contributed by atoms with Crippen LogP contribution in [0.4, 0.5) is 14.5 Å². The Labute approximate surface area is 117 Å². The summed E-state index contributed by atoms with van der Waals surface area (Å²) in [6.45, 7) is 1.000. The van der Waals surface area contributed by atoms with Gasteiger partial charge in [-0.15, -0.1) is 0 Å². The molecule has 0 saturated carbocycles. The Morgan fingerprint density at radius 3 is 2.45 bits per heavy atom. The number of nitrogens with zero attached hydrogens (tertiary/aromatic N) is 1. The summed E-state index contributed by atoms with van der Waals surface area (Å²) < 4.78 is 26.7. The van der Waals surface area contributed by atoms with Gasteiger partial charge in [0.15, 0.2) is 0 Å². The van der Waals surface area contributed by atoms with Crippen LogP contribution in [-0.2, 0) is 13.0 Å². The number of rotatable bonds is 5. The molecule has 0 unspecified atom stereocenters. The summed E-state index contributed by atoms with van der Waals surface area (Å²) in [6.07, 6.45) is 0.637. The first-order valence-electron chi connectivity index (χ1n) is 6.53. The first-order chi connectivity index (χ1) is 9.58. The fourth-order valence-corrected chi connectivity index (χ4v) is 2.17. The van der Waals surface area contributed by atoms with Gasteiger partial charge in [0.2, 0.25) is 0 Å². The van der Waals surface area contributed by atoms with Gasteiger partial charge in [0.1, 0.15) is 11.6 Å². The molecule has 0 spiro atoms. The van der Waals surface area contributed by atoms with E-state index < -0.39 is 0 Å². The normalized spacial score (nSPS) is 10.6. The van der Waals surface area contributed by atoms with Crippen molar-refractivity contribution in [1.82, 2.24) is 0 Å². The molecule has 0 fully saturated rings. The summed E-state index contributed by atoms with van der Waals surface area (Å²) in [7, 11) is 1.85. The maximum Gasteiger partial charge on any atom is 0.125 e. The lowest BCUT2D eigenvalue weighted by Crippen LogP contribution is -2.17. The van der Waals surface area contributed by atoms with Crippen molar-refractivity contribution in [3.8, 4) is 0 Å². The quantitative estimate of drug-likeness (QED) is 0.909. The third-order valence-corrected chi connectivity index (χ3v) is 3.12. The van der Waals surface area contributed by atoms with Gasteiger partial charge in [0, 0.05) is 19.3 Å². The molecule has 0 aromatic heterocycles. The summed E-state index contributed by atoms with van der Waals surface area (Å²) >= 11 is 0. The minimum Gasteiger partial charge on any atom is -0.370 e. The van der Waals surface area contributed by atoms with Crippen molar-refractivity contribution in [3.63, 3.8) is 0 Å². The standard InChI is InChI=1S/C16H18F2N2/c1-20(11-13-3-2-4-14(17)8-13)16-9-12(5-6-19)7-15(18)10-16/h2-4,7-10H,5-6,11,19H2,1H3. The molecule has 0 heterocycles. The molecule has 2 rings (SSSR count). The maximum atomic E-state index is 13.6. The molecule has 106 valence electrons. The van der Waals surface area contributed by atoms with Crippen LogP contribution in [0.15, 0.2) is 42.5 Å². The smallest absolute Gasteiger partial charge is 0.125 e. The van der Waals surface area contributed by atoms with Crippen LogP contribution in [0, 0.1) is 11.6 Å². The van der Waals surface area contributed by atoms with Crippen LogP contribution in [0.1, 0.15) is 11.1 Å². The van der Waals surface area contributed by atoms with Crippen molar-refractivity contribution in [2.75, 3.05) is 18.5 Å². The van der Waals surface area contributed by atoms with Gasteiger partial charge >= 0.3 is 0 Å². The molecule has 4 heteroatoms. The third kappa shape index (κ3) is 3.78. The minimum atomic E-state index is -0.281. The van der Waals surface area contributed by atoms with E-state index in [1.165, 1.54) is 24.3 Å². The molecule has 0 bridgehead atoms. The summed E-state index contributed by atoms with van der Waals surface area (Å²) in [4.78, 5) is 1.89. The molecule has 20 heavy (non-hydrogen) atoms. The monoisotopic (exact) mass is 276 g/mol. The number of hydrogen-bond donors (Lipinski definition) is 1. The van der Waals surface area contributed by atoms with E-state index >= 15 is 0 Å². The molecule has 0 aliphatic rings. The molecule has 2 N–H and O–H groups in total. The van der Waals surface area contributed by atoms with E-state index in [9.17, 15) is 8.78 Å². The number of anilines is 1. The molecule has 0 aliphatic heterocycles. The largest absolute Gasteiger partial charge is 0.370 e. The van der Waals surface area contributed by atoms with Crippen LogP contribution in [0.25, 0.3) is 0 Å². The van der Waals surface area contributed by atoms with Crippen molar-refractivity contribution in [1.29, 1.82) is 0 Å². The van der Waals surface area contributed by atoms with Crippen LogP contribution in [0.5, 0.6) is 0 Å². The average Bonchev–Trinajstić information content (AvgIpc) is 2.38. The molecule has 0 aliphatic carbocycles. The van der Waals surface area contributed by atoms with Gasteiger partial charge in [-0.05, 0) is 54.4 Å². The Kier molecular flexibility index (Phi) is 4.69. The van der Waals surface area contributed by atoms with E-state index in [2.05, 4.69) is 0 Å². The molecule has 2 nitrogen and oxygen atoms in total. The molecular weight excluding hydrogens is 258 g/mol. The highest BCUT2D eigenvalue weighted by Gasteiger charge is 2.06. The lowest BCUT2D eigenvalue weighted by molar-refractivity contribution is 0.622. The minimum absolute atomic E-state index is 0.265. The molecule has 2 aromatic carbocycles. The molecule has 0 radical (unpaired) electrons. The summed E-state index contributed by atoms with van der Waals surface area (Å²) in [5, 5.41) is 0. The van der Waals surface area contributed by atoms with E-state index in [-0.39, 0.29) is 11.6 Å². The average molecular weight is 276 g/mol. The number of benzene rings is 2. The number of hydrogen-bond acceptors (Lipinski definition) is 2. The van der Waals surface area contributed by atoms with E-state index in [1.807, 2.05) is 24.1 Å². The zero-order valence-electron chi connectivity index (χ0n) is 11.4. The van der Waals surface area contributed by atoms with Crippen molar-refractivity contribution in [3.05, 3.63) is 65.2 Å². The third-order valence-electron chi connectivity index (χ3n) is 3.12.